The first kappa shape index (κ1) is 29.0. The number of rotatable bonds is 6. The topological polar surface area (TPSA) is 90.6 Å². The lowest BCUT2D eigenvalue weighted by Gasteiger charge is -2.30. The lowest BCUT2D eigenvalue weighted by molar-refractivity contribution is -0.135. The molecule has 2 fully saturated rings. The number of carbonyl (C=O) groups excluding carboxylic acids is 2. The van der Waals surface area contributed by atoms with Crippen LogP contribution >= 0.6 is 0 Å². The Morgan fingerprint density at radius 2 is 1.71 bits per heavy atom. The highest BCUT2D eigenvalue weighted by atomic mass is 16.5. The molecule has 5 rings (SSSR count). The molecular weight excluding hydrogens is 514 g/mol. The molecule has 2 aromatic carbocycles. The van der Waals surface area contributed by atoms with Crippen LogP contribution in [-0.4, -0.2) is 53.1 Å². The van der Waals surface area contributed by atoms with Gasteiger partial charge in [0.15, 0.2) is 0 Å². The number of aromatic nitrogens is 2. The summed E-state index contributed by atoms with van der Waals surface area (Å²) < 4.78 is 4.77. The third kappa shape index (κ3) is 5.66. The summed E-state index contributed by atoms with van der Waals surface area (Å²) in [4.78, 5) is 38.6. The number of fused-ring (bicyclic) bond motifs is 1. The van der Waals surface area contributed by atoms with Gasteiger partial charge in [0.1, 0.15) is 11.9 Å². The molecule has 2 amide bonds. The number of imidazole rings is 1. The van der Waals surface area contributed by atoms with Crippen molar-refractivity contribution in [3.8, 4) is 0 Å². The second kappa shape index (κ2) is 11.4. The van der Waals surface area contributed by atoms with Crippen LogP contribution in [0.1, 0.15) is 94.9 Å². The zero-order valence-electron chi connectivity index (χ0n) is 25.6. The van der Waals surface area contributed by atoms with Gasteiger partial charge in [0.25, 0.3) is 0 Å². The number of amides is 2. The Labute approximate surface area is 243 Å². The van der Waals surface area contributed by atoms with Crippen LogP contribution in [0, 0.1) is 12.8 Å². The first-order chi connectivity index (χ1) is 19.5. The van der Waals surface area contributed by atoms with Gasteiger partial charge in [-0.2, -0.15) is 0 Å². The number of hydrogen-bond acceptors (Lipinski definition) is 5. The minimum absolute atomic E-state index is 0.0673. The van der Waals surface area contributed by atoms with Gasteiger partial charge in [-0.1, -0.05) is 52.8 Å². The molecule has 2 N–H and O–H groups in total. The average molecular weight is 560 g/mol. The number of hydrogen-bond donors (Lipinski definition) is 2. The molecule has 2 saturated heterocycles. The maximum Gasteiger partial charge on any atom is 0.407 e. The molecule has 2 aliphatic heterocycles. The van der Waals surface area contributed by atoms with E-state index in [1.165, 1.54) is 29.5 Å². The number of benzene rings is 2. The predicted molar refractivity (Wildman–Crippen MR) is 163 cm³/mol. The molecule has 0 spiro atoms. The summed E-state index contributed by atoms with van der Waals surface area (Å²) in [5, 5.41) is 2.73. The van der Waals surface area contributed by atoms with E-state index in [9.17, 15) is 9.59 Å². The van der Waals surface area contributed by atoms with Crippen molar-refractivity contribution >= 4 is 28.7 Å². The number of ether oxygens (including phenoxy) is 1. The van der Waals surface area contributed by atoms with Crippen LogP contribution in [0.15, 0.2) is 36.4 Å². The normalized spacial score (nSPS) is 20.2. The van der Waals surface area contributed by atoms with Gasteiger partial charge >= 0.3 is 6.09 Å². The van der Waals surface area contributed by atoms with E-state index in [0.717, 1.165) is 49.1 Å². The number of carbonyl (C=O) groups is 2. The Bertz CT molecular complexity index is 1400. The van der Waals surface area contributed by atoms with Crippen molar-refractivity contribution in [2.75, 3.05) is 25.1 Å². The summed E-state index contributed by atoms with van der Waals surface area (Å²) in [5.41, 5.74) is 7.22. The van der Waals surface area contributed by atoms with Crippen LogP contribution in [0.3, 0.4) is 0 Å². The molecule has 8 nitrogen and oxygen atoms in total. The second-order valence-corrected chi connectivity index (χ2v) is 13.0. The molecule has 0 aliphatic carbocycles. The number of nitrogens with zero attached hydrogens (tertiary/aromatic N) is 3. The van der Waals surface area contributed by atoms with E-state index in [1.807, 2.05) is 18.7 Å². The molecular formula is C33H45N5O3. The third-order valence-electron chi connectivity index (χ3n) is 8.89. The Morgan fingerprint density at radius 1 is 1.02 bits per heavy atom. The number of nitrogens with one attached hydrogen (secondary N) is 2. The van der Waals surface area contributed by atoms with Crippen LogP contribution in [0.4, 0.5) is 10.5 Å². The van der Waals surface area contributed by atoms with Crippen molar-refractivity contribution in [2.45, 2.75) is 90.8 Å². The predicted octanol–water partition coefficient (Wildman–Crippen LogP) is 6.55. The highest BCUT2D eigenvalue weighted by Crippen LogP contribution is 2.40. The fraction of sp³-hybridized carbons (Fsp3) is 0.545. The Kier molecular flexibility index (Phi) is 8.04. The average Bonchev–Trinajstić information content (AvgIpc) is 3.70. The monoisotopic (exact) mass is 559 g/mol. The molecule has 8 heteroatoms. The van der Waals surface area contributed by atoms with E-state index in [4.69, 9.17) is 9.72 Å². The van der Waals surface area contributed by atoms with Crippen molar-refractivity contribution in [1.82, 2.24) is 20.2 Å². The summed E-state index contributed by atoms with van der Waals surface area (Å²) in [6.07, 6.45) is 3.41. The fourth-order valence-electron chi connectivity index (χ4n) is 6.51. The van der Waals surface area contributed by atoms with Crippen molar-refractivity contribution in [2.24, 2.45) is 5.92 Å². The zero-order valence-corrected chi connectivity index (χ0v) is 25.6. The number of aryl methyl sites for hydroxylation is 1. The Hall–Kier alpha value is -3.55. The van der Waals surface area contributed by atoms with Crippen LogP contribution in [0.5, 0.6) is 0 Å². The van der Waals surface area contributed by atoms with Crippen LogP contribution < -0.4 is 10.2 Å². The lowest BCUT2D eigenvalue weighted by Crippen LogP contribution is -2.51. The van der Waals surface area contributed by atoms with Crippen LogP contribution in [0.2, 0.25) is 0 Å². The molecule has 3 atom stereocenters. The number of aromatic amines is 1. The largest absolute Gasteiger partial charge is 0.453 e. The van der Waals surface area contributed by atoms with E-state index in [-0.39, 0.29) is 23.3 Å². The minimum Gasteiger partial charge on any atom is -0.453 e. The molecule has 1 aromatic heterocycles. The summed E-state index contributed by atoms with van der Waals surface area (Å²) in [5.74, 6) is 0.653. The quantitative estimate of drug-likeness (QED) is 0.357. The van der Waals surface area contributed by atoms with Gasteiger partial charge in [0.2, 0.25) is 5.91 Å². The SMILES string of the molecule is COC(=O)NC(C(=O)N1CCC[C@H]1c1nc2c(C)c([C@H]3CCCN3c3ccc(C(C)(C)C)cc3)ccc2[nH]1)C(C)C. The van der Waals surface area contributed by atoms with Crippen LogP contribution in [0.25, 0.3) is 11.0 Å². The van der Waals surface area contributed by atoms with Gasteiger partial charge in [-0.05, 0) is 78.8 Å². The smallest absolute Gasteiger partial charge is 0.407 e. The summed E-state index contributed by atoms with van der Waals surface area (Å²) >= 11 is 0. The molecule has 220 valence electrons. The minimum atomic E-state index is -0.647. The molecule has 0 radical (unpaired) electrons. The number of likely N-dealkylation sites (tertiary alicyclic amines) is 1. The van der Waals surface area contributed by atoms with E-state index >= 15 is 0 Å². The highest BCUT2D eigenvalue weighted by Gasteiger charge is 2.38. The fourth-order valence-corrected chi connectivity index (χ4v) is 6.51. The first-order valence-electron chi connectivity index (χ1n) is 15.0. The van der Waals surface area contributed by atoms with Gasteiger partial charge in [-0.25, -0.2) is 9.78 Å². The van der Waals surface area contributed by atoms with Crippen LogP contribution in [-0.2, 0) is 14.9 Å². The van der Waals surface area contributed by atoms with E-state index in [2.05, 4.69) is 79.3 Å². The van der Waals surface area contributed by atoms with Gasteiger partial charge in [0.05, 0.1) is 30.2 Å². The highest BCUT2D eigenvalue weighted by molar-refractivity contribution is 5.87. The molecule has 2 aliphatic rings. The standard InChI is InChI=1S/C33H45N5O3/c1-20(2)28(36-32(40)41-7)31(39)38-19-9-11-27(38)30-34-25-17-16-24(21(3)29(25)35-30)26-10-8-18-37(26)23-14-12-22(13-15-23)33(4,5)6/h12-17,20,26-28H,8-11,18-19H2,1-7H3,(H,34,35)(H,36,40)/t26-,27+,28?/m1/s1. The second-order valence-electron chi connectivity index (χ2n) is 13.0. The van der Waals surface area contributed by atoms with E-state index in [0.29, 0.717) is 12.6 Å². The molecule has 0 bridgehead atoms. The Morgan fingerprint density at radius 3 is 2.37 bits per heavy atom. The number of H-pyrrole nitrogens is 1. The maximum absolute atomic E-state index is 13.6. The molecule has 0 saturated carbocycles. The molecule has 1 unspecified atom stereocenters. The van der Waals surface area contributed by atoms with Gasteiger partial charge in [0, 0.05) is 18.8 Å². The van der Waals surface area contributed by atoms with Crippen molar-refractivity contribution in [3.63, 3.8) is 0 Å². The third-order valence-corrected chi connectivity index (χ3v) is 8.89. The maximum atomic E-state index is 13.6. The summed E-state index contributed by atoms with van der Waals surface area (Å²) in [6.45, 7) is 14.5. The number of anilines is 1. The van der Waals surface area contributed by atoms with Gasteiger partial charge in [-0.15, -0.1) is 0 Å². The van der Waals surface area contributed by atoms with Gasteiger partial charge in [-0.3, -0.25) is 4.79 Å². The van der Waals surface area contributed by atoms with Crippen molar-refractivity contribution in [1.29, 1.82) is 0 Å². The number of methoxy groups -OCH3 is 1. The molecule has 3 aromatic rings. The van der Waals surface area contributed by atoms with Crippen molar-refractivity contribution < 1.29 is 14.3 Å². The first-order valence-corrected chi connectivity index (χ1v) is 15.0. The molecule has 41 heavy (non-hydrogen) atoms. The van der Waals surface area contributed by atoms with Crippen molar-refractivity contribution in [3.05, 3.63) is 58.9 Å². The number of alkyl carbamates (subject to hydrolysis) is 1. The van der Waals surface area contributed by atoms with E-state index < -0.39 is 12.1 Å². The summed E-state index contributed by atoms with van der Waals surface area (Å²) in [6, 6.07) is 13.0. The van der Waals surface area contributed by atoms with Gasteiger partial charge < -0.3 is 24.8 Å². The zero-order chi connectivity index (χ0) is 29.5. The Balaban J connectivity index is 1.41. The lowest BCUT2D eigenvalue weighted by atomic mass is 9.87. The van der Waals surface area contributed by atoms with E-state index in [1.54, 1.807) is 0 Å². The molecule has 3 heterocycles. The summed E-state index contributed by atoms with van der Waals surface area (Å²) in [7, 11) is 1.31.